The summed E-state index contributed by atoms with van der Waals surface area (Å²) in [4.78, 5) is 24.3. The molecule has 1 N–H and O–H groups in total. The molecular formula is C15H11N3O2S. The molecule has 6 heteroatoms. The third-order valence-corrected chi connectivity index (χ3v) is 4.18. The van der Waals surface area contributed by atoms with Crippen molar-refractivity contribution in [1.82, 2.24) is 9.97 Å². The highest BCUT2D eigenvalue weighted by atomic mass is 32.1. The van der Waals surface area contributed by atoms with Gasteiger partial charge in [0.15, 0.2) is 5.01 Å². The maximum absolute atomic E-state index is 12.6. The maximum Gasteiger partial charge on any atom is 0.236 e. The Morgan fingerprint density at radius 3 is 3.10 bits per heavy atom. The quantitative estimate of drug-likeness (QED) is 0.756. The number of carbonyl (C=O) groups is 1. The zero-order valence-electron chi connectivity index (χ0n) is 11.0. The number of thiazole rings is 1. The molecule has 0 saturated heterocycles. The Morgan fingerprint density at radius 2 is 2.24 bits per heavy atom. The van der Waals surface area contributed by atoms with Crippen LogP contribution in [0.15, 0.2) is 40.8 Å². The topological polar surface area (TPSA) is 67.3 Å². The molecule has 3 heterocycles. The van der Waals surface area contributed by atoms with Crippen LogP contribution < -0.4 is 0 Å². The van der Waals surface area contributed by atoms with Gasteiger partial charge in [-0.15, -0.1) is 11.3 Å². The number of benzene rings is 1. The molecule has 104 valence electrons. The second-order valence-electron chi connectivity index (χ2n) is 4.65. The molecule has 1 aliphatic heterocycles. The van der Waals surface area contributed by atoms with Gasteiger partial charge in [-0.3, -0.25) is 4.79 Å². The first-order chi connectivity index (χ1) is 10.3. The van der Waals surface area contributed by atoms with E-state index in [4.69, 9.17) is 4.74 Å². The highest BCUT2D eigenvalue weighted by Crippen LogP contribution is 2.23. The van der Waals surface area contributed by atoms with E-state index < -0.39 is 0 Å². The van der Waals surface area contributed by atoms with Crippen molar-refractivity contribution in [3.63, 3.8) is 0 Å². The highest BCUT2D eigenvalue weighted by Gasteiger charge is 2.20. The van der Waals surface area contributed by atoms with E-state index in [-0.39, 0.29) is 5.78 Å². The zero-order valence-corrected chi connectivity index (χ0v) is 11.8. The first-order valence-corrected chi connectivity index (χ1v) is 7.45. The third kappa shape index (κ3) is 2.04. The van der Waals surface area contributed by atoms with Gasteiger partial charge in [-0.1, -0.05) is 18.2 Å². The van der Waals surface area contributed by atoms with Crippen molar-refractivity contribution in [1.29, 1.82) is 0 Å². The molecule has 0 fully saturated rings. The van der Waals surface area contributed by atoms with E-state index in [0.29, 0.717) is 35.3 Å². The number of para-hydroxylation sites is 1. The van der Waals surface area contributed by atoms with E-state index in [0.717, 1.165) is 10.9 Å². The molecule has 21 heavy (non-hydrogen) atoms. The Labute approximate surface area is 124 Å². The maximum atomic E-state index is 12.6. The second-order valence-corrected chi connectivity index (χ2v) is 5.51. The smallest absolute Gasteiger partial charge is 0.236 e. The number of carbonyl (C=O) groups excluding carboxylic acids is 1. The molecule has 0 bridgehead atoms. The lowest BCUT2D eigenvalue weighted by molar-refractivity contribution is 0.104. The molecule has 0 amide bonds. The van der Waals surface area contributed by atoms with Crippen molar-refractivity contribution in [2.24, 2.45) is 4.99 Å². The number of rotatable bonds is 3. The fraction of sp³-hybridized carbons (Fsp3) is 0.133. The lowest BCUT2D eigenvalue weighted by Crippen LogP contribution is -2.04. The van der Waals surface area contributed by atoms with Crippen molar-refractivity contribution in [3.05, 3.63) is 52.1 Å². The Balaban J connectivity index is 1.71. The molecule has 1 aromatic carbocycles. The van der Waals surface area contributed by atoms with Crippen molar-refractivity contribution in [2.75, 3.05) is 13.2 Å². The summed E-state index contributed by atoms with van der Waals surface area (Å²) < 4.78 is 5.37. The number of H-pyrrole nitrogens is 1. The van der Waals surface area contributed by atoms with E-state index in [2.05, 4.69) is 15.0 Å². The van der Waals surface area contributed by atoms with Crippen molar-refractivity contribution >= 4 is 33.9 Å². The van der Waals surface area contributed by atoms with Gasteiger partial charge in [-0.2, -0.15) is 0 Å². The van der Waals surface area contributed by atoms with Crippen LogP contribution in [0.3, 0.4) is 0 Å². The van der Waals surface area contributed by atoms with Crippen LogP contribution >= 0.6 is 11.3 Å². The van der Waals surface area contributed by atoms with Crippen LogP contribution in [0.5, 0.6) is 0 Å². The van der Waals surface area contributed by atoms with Gasteiger partial charge in [0.05, 0.1) is 12.1 Å². The van der Waals surface area contributed by atoms with E-state index in [1.54, 1.807) is 6.20 Å². The van der Waals surface area contributed by atoms with Gasteiger partial charge in [-0.05, 0) is 6.07 Å². The van der Waals surface area contributed by atoms with Gasteiger partial charge in [-0.25, -0.2) is 9.98 Å². The van der Waals surface area contributed by atoms with Gasteiger partial charge in [0.25, 0.3) is 0 Å². The summed E-state index contributed by atoms with van der Waals surface area (Å²) in [6, 6.07) is 7.73. The number of aromatic amines is 1. The monoisotopic (exact) mass is 297 g/mol. The first-order valence-electron chi connectivity index (χ1n) is 6.57. The fourth-order valence-corrected chi connectivity index (χ4v) is 3.09. The molecule has 4 rings (SSSR count). The number of nitrogens with one attached hydrogen (secondary N) is 1. The summed E-state index contributed by atoms with van der Waals surface area (Å²) in [7, 11) is 0. The summed E-state index contributed by atoms with van der Waals surface area (Å²) in [5, 5.41) is 3.17. The minimum absolute atomic E-state index is 0.0812. The zero-order chi connectivity index (χ0) is 14.2. The molecule has 0 atom stereocenters. The van der Waals surface area contributed by atoms with Crippen LogP contribution in [0, 0.1) is 0 Å². The van der Waals surface area contributed by atoms with E-state index in [9.17, 15) is 4.79 Å². The van der Waals surface area contributed by atoms with Crippen molar-refractivity contribution < 1.29 is 9.53 Å². The highest BCUT2D eigenvalue weighted by molar-refractivity contribution is 7.12. The van der Waals surface area contributed by atoms with Gasteiger partial charge < -0.3 is 9.72 Å². The van der Waals surface area contributed by atoms with Gasteiger partial charge >= 0.3 is 0 Å². The number of hydrogen-bond acceptors (Lipinski definition) is 5. The van der Waals surface area contributed by atoms with Crippen LogP contribution in [-0.4, -0.2) is 34.8 Å². The average molecular weight is 297 g/mol. The summed E-state index contributed by atoms with van der Waals surface area (Å²) >= 11 is 1.32. The summed E-state index contributed by atoms with van der Waals surface area (Å²) in [6.07, 6.45) is 1.73. The Morgan fingerprint density at radius 1 is 1.33 bits per heavy atom. The number of fused-ring (bicyclic) bond motifs is 1. The Bertz CT molecular complexity index is 863. The van der Waals surface area contributed by atoms with E-state index >= 15 is 0 Å². The molecule has 2 aromatic heterocycles. The predicted molar refractivity (Wildman–Crippen MR) is 81.2 cm³/mol. The summed E-state index contributed by atoms with van der Waals surface area (Å²) in [6.45, 7) is 1.23. The number of ketones is 1. The van der Waals surface area contributed by atoms with Gasteiger partial charge in [0, 0.05) is 22.5 Å². The summed E-state index contributed by atoms with van der Waals surface area (Å²) in [5.41, 5.74) is 2.22. The minimum Gasteiger partial charge on any atom is -0.474 e. The lowest BCUT2D eigenvalue weighted by atomic mass is 10.1. The molecule has 1 aliphatic rings. The standard InChI is InChI=1S/C15H11N3O2S/c19-13(10-7-17-11-4-2-1-3-9(10)11)15-18-12(8-21-15)14-16-5-6-20-14/h1-4,7-8,17H,5-6H2. The van der Waals surface area contributed by atoms with Crippen molar-refractivity contribution in [2.45, 2.75) is 0 Å². The predicted octanol–water partition coefficient (Wildman–Crippen LogP) is 2.63. The number of aromatic nitrogens is 2. The molecule has 0 saturated carbocycles. The number of nitrogens with zero attached hydrogens (tertiary/aromatic N) is 2. The fourth-order valence-electron chi connectivity index (χ4n) is 2.34. The number of ether oxygens (including phenoxy) is 1. The largest absolute Gasteiger partial charge is 0.474 e. The number of aliphatic imine (C=N–C) groups is 1. The van der Waals surface area contributed by atoms with Crippen LogP contribution in [0.4, 0.5) is 0 Å². The molecule has 0 spiro atoms. The molecule has 0 radical (unpaired) electrons. The third-order valence-electron chi connectivity index (χ3n) is 3.34. The molecule has 3 aromatic rings. The normalized spacial score (nSPS) is 14.2. The lowest BCUT2D eigenvalue weighted by Gasteiger charge is -1.96. The van der Waals surface area contributed by atoms with Crippen molar-refractivity contribution in [3.8, 4) is 0 Å². The Kier molecular flexibility index (Phi) is 2.82. The van der Waals surface area contributed by atoms with Crippen LogP contribution in [0.25, 0.3) is 10.9 Å². The van der Waals surface area contributed by atoms with Crippen LogP contribution in [0.2, 0.25) is 0 Å². The molecule has 5 nitrogen and oxygen atoms in total. The number of hydrogen-bond donors (Lipinski definition) is 1. The molecule has 0 aliphatic carbocycles. The Hall–Kier alpha value is -2.47. The van der Waals surface area contributed by atoms with Crippen LogP contribution in [0.1, 0.15) is 21.1 Å². The van der Waals surface area contributed by atoms with Crippen LogP contribution in [-0.2, 0) is 4.74 Å². The minimum atomic E-state index is -0.0812. The summed E-state index contributed by atoms with van der Waals surface area (Å²) in [5.74, 6) is 0.450. The van der Waals surface area contributed by atoms with E-state index in [1.165, 1.54) is 11.3 Å². The molecular weight excluding hydrogens is 286 g/mol. The second kappa shape index (κ2) is 4.82. The molecule has 0 unspecified atom stereocenters. The SMILES string of the molecule is O=C(c1nc(C2=NCCO2)cs1)c1c[nH]c2ccccc12. The average Bonchev–Trinajstić information content (AvgIpc) is 3.25. The van der Waals surface area contributed by atoms with Gasteiger partial charge in [0.1, 0.15) is 12.3 Å². The van der Waals surface area contributed by atoms with Gasteiger partial charge in [0.2, 0.25) is 11.7 Å². The van der Waals surface area contributed by atoms with E-state index in [1.807, 2.05) is 29.6 Å². The first kappa shape index (κ1) is 12.3.